The van der Waals surface area contributed by atoms with E-state index in [0.29, 0.717) is 6.54 Å². The molecule has 1 amide bonds. The zero-order valence-electron chi connectivity index (χ0n) is 9.40. The second-order valence-corrected chi connectivity index (χ2v) is 5.55. The number of rotatable bonds is 4. The van der Waals surface area contributed by atoms with Gasteiger partial charge in [0.25, 0.3) is 5.91 Å². The number of hydrogen-bond donors (Lipinski definition) is 1. The van der Waals surface area contributed by atoms with Gasteiger partial charge in [0.05, 0.1) is 5.60 Å². The Morgan fingerprint density at radius 3 is 2.56 bits per heavy atom. The lowest BCUT2D eigenvalue weighted by Crippen LogP contribution is -2.42. The zero-order valence-corrected chi connectivity index (χ0v) is 11.0. The van der Waals surface area contributed by atoms with Crippen molar-refractivity contribution in [3.63, 3.8) is 0 Å². The molecular weight excluding hydrogens is 250 g/mol. The Balaban J connectivity index is 2.78. The van der Waals surface area contributed by atoms with E-state index in [-0.39, 0.29) is 21.9 Å². The van der Waals surface area contributed by atoms with E-state index in [2.05, 4.69) is 10.2 Å². The second kappa shape index (κ2) is 5.07. The summed E-state index contributed by atoms with van der Waals surface area (Å²) in [5.74, 6) is -0.256. The highest BCUT2D eigenvalue weighted by Crippen LogP contribution is 2.17. The first-order valence-corrected chi connectivity index (χ1v) is 6.03. The van der Waals surface area contributed by atoms with E-state index in [9.17, 15) is 9.90 Å². The average Bonchev–Trinajstić information content (AvgIpc) is 2.58. The Hall–Kier alpha value is -0.720. The highest BCUT2D eigenvalue weighted by molar-refractivity contribution is 7.17. The predicted octanol–water partition coefficient (Wildman–Crippen LogP) is 1.42. The first-order valence-electron chi connectivity index (χ1n) is 4.84. The van der Waals surface area contributed by atoms with Crippen LogP contribution in [0.15, 0.2) is 0 Å². The van der Waals surface area contributed by atoms with Gasteiger partial charge in [-0.25, -0.2) is 0 Å². The Bertz CT molecular complexity index is 375. The van der Waals surface area contributed by atoms with Crippen LogP contribution in [-0.2, 0) is 0 Å². The van der Waals surface area contributed by atoms with Gasteiger partial charge >= 0.3 is 0 Å². The molecular formula is C9H14ClN3O2S. The molecule has 1 heterocycles. The van der Waals surface area contributed by atoms with Gasteiger partial charge in [-0.15, -0.1) is 10.2 Å². The van der Waals surface area contributed by atoms with Crippen LogP contribution in [0.4, 0.5) is 0 Å². The van der Waals surface area contributed by atoms with E-state index < -0.39 is 5.60 Å². The van der Waals surface area contributed by atoms with Crippen LogP contribution in [0.2, 0.25) is 4.47 Å². The fraction of sp³-hybridized carbons (Fsp3) is 0.667. The van der Waals surface area contributed by atoms with Gasteiger partial charge in [-0.1, -0.05) is 11.3 Å². The van der Waals surface area contributed by atoms with Gasteiger partial charge in [-0.3, -0.25) is 4.79 Å². The number of amides is 1. The molecule has 0 saturated carbocycles. The molecule has 1 aromatic rings. The third kappa shape index (κ3) is 3.70. The Labute approximate surface area is 103 Å². The minimum Gasteiger partial charge on any atom is -0.389 e. The molecule has 16 heavy (non-hydrogen) atoms. The van der Waals surface area contributed by atoms with Crippen molar-refractivity contribution in [3.8, 4) is 0 Å². The standard InChI is InChI=1S/C9H14ClN3O2S/c1-4-13(5-9(2,3)15)7(14)6-11-12-8(10)16-6/h15H,4-5H2,1-3H3. The molecule has 1 N–H and O–H groups in total. The van der Waals surface area contributed by atoms with Crippen molar-refractivity contribution in [1.82, 2.24) is 15.1 Å². The number of carbonyl (C=O) groups excluding carboxylic acids is 1. The minimum atomic E-state index is -0.930. The molecule has 0 aliphatic heterocycles. The third-order valence-electron chi connectivity index (χ3n) is 1.83. The van der Waals surface area contributed by atoms with Crippen LogP contribution < -0.4 is 0 Å². The maximum absolute atomic E-state index is 11.9. The summed E-state index contributed by atoms with van der Waals surface area (Å²) in [6.07, 6.45) is 0. The molecule has 0 saturated heterocycles. The van der Waals surface area contributed by atoms with Gasteiger partial charge in [0.2, 0.25) is 9.47 Å². The number of aromatic nitrogens is 2. The first kappa shape index (κ1) is 13.3. The monoisotopic (exact) mass is 263 g/mol. The summed E-state index contributed by atoms with van der Waals surface area (Å²) in [7, 11) is 0. The summed E-state index contributed by atoms with van der Waals surface area (Å²) in [5, 5.41) is 17.2. The van der Waals surface area contributed by atoms with E-state index in [1.165, 1.54) is 4.90 Å². The van der Waals surface area contributed by atoms with Crippen molar-refractivity contribution in [2.24, 2.45) is 0 Å². The van der Waals surface area contributed by atoms with E-state index in [1.54, 1.807) is 13.8 Å². The Kier molecular flexibility index (Phi) is 4.23. The van der Waals surface area contributed by atoms with E-state index in [0.717, 1.165) is 11.3 Å². The number of likely N-dealkylation sites (N-methyl/N-ethyl adjacent to an activating group) is 1. The van der Waals surface area contributed by atoms with Crippen LogP contribution in [0.5, 0.6) is 0 Å². The zero-order chi connectivity index (χ0) is 12.3. The van der Waals surface area contributed by atoms with Gasteiger partial charge in [0.1, 0.15) is 0 Å². The van der Waals surface area contributed by atoms with Crippen molar-refractivity contribution < 1.29 is 9.90 Å². The molecule has 0 aliphatic carbocycles. The van der Waals surface area contributed by atoms with Crippen molar-refractivity contribution in [2.75, 3.05) is 13.1 Å². The van der Waals surface area contributed by atoms with Crippen molar-refractivity contribution in [2.45, 2.75) is 26.4 Å². The Morgan fingerprint density at radius 2 is 2.19 bits per heavy atom. The predicted molar refractivity (Wildman–Crippen MR) is 62.8 cm³/mol. The molecule has 0 atom stereocenters. The maximum atomic E-state index is 11.9. The fourth-order valence-corrected chi connectivity index (χ4v) is 2.02. The second-order valence-electron chi connectivity index (χ2n) is 3.99. The molecule has 1 rings (SSSR count). The molecule has 0 bridgehead atoms. The van der Waals surface area contributed by atoms with Crippen LogP contribution >= 0.6 is 22.9 Å². The van der Waals surface area contributed by atoms with Gasteiger partial charge in [-0.05, 0) is 32.4 Å². The Morgan fingerprint density at radius 1 is 1.56 bits per heavy atom. The lowest BCUT2D eigenvalue weighted by Gasteiger charge is -2.27. The number of aliphatic hydroxyl groups is 1. The van der Waals surface area contributed by atoms with Gasteiger partial charge in [-0.2, -0.15) is 0 Å². The summed E-state index contributed by atoms with van der Waals surface area (Å²) in [6.45, 7) is 5.89. The maximum Gasteiger partial charge on any atom is 0.284 e. The molecule has 0 unspecified atom stereocenters. The van der Waals surface area contributed by atoms with Crippen molar-refractivity contribution >= 4 is 28.8 Å². The molecule has 0 aromatic carbocycles. The minimum absolute atomic E-state index is 0.239. The van der Waals surface area contributed by atoms with Gasteiger partial charge < -0.3 is 10.0 Å². The normalized spacial score (nSPS) is 11.6. The summed E-state index contributed by atoms with van der Waals surface area (Å²) in [5.41, 5.74) is -0.930. The molecule has 0 radical (unpaired) electrons. The van der Waals surface area contributed by atoms with Crippen LogP contribution in [0.25, 0.3) is 0 Å². The van der Waals surface area contributed by atoms with E-state index in [1.807, 2.05) is 6.92 Å². The number of nitrogens with zero attached hydrogens (tertiary/aromatic N) is 3. The summed E-state index contributed by atoms with van der Waals surface area (Å²) in [6, 6.07) is 0. The number of hydrogen-bond acceptors (Lipinski definition) is 5. The van der Waals surface area contributed by atoms with Crippen LogP contribution in [0.3, 0.4) is 0 Å². The lowest BCUT2D eigenvalue weighted by atomic mass is 10.1. The highest BCUT2D eigenvalue weighted by Gasteiger charge is 2.24. The third-order valence-corrected chi connectivity index (χ3v) is 2.84. The van der Waals surface area contributed by atoms with Crippen LogP contribution in [0.1, 0.15) is 30.6 Å². The van der Waals surface area contributed by atoms with E-state index in [4.69, 9.17) is 11.6 Å². The molecule has 5 nitrogen and oxygen atoms in total. The lowest BCUT2D eigenvalue weighted by molar-refractivity contribution is 0.0314. The fourth-order valence-electron chi connectivity index (χ4n) is 1.22. The van der Waals surface area contributed by atoms with Gasteiger partial charge in [0, 0.05) is 13.1 Å². The smallest absolute Gasteiger partial charge is 0.284 e. The SMILES string of the molecule is CCN(CC(C)(C)O)C(=O)c1nnc(Cl)s1. The molecule has 1 aromatic heterocycles. The quantitative estimate of drug-likeness (QED) is 0.892. The van der Waals surface area contributed by atoms with Crippen molar-refractivity contribution in [3.05, 3.63) is 9.47 Å². The van der Waals surface area contributed by atoms with Crippen LogP contribution in [0, 0.1) is 0 Å². The van der Waals surface area contributed by atoms with Crippen LogP contribution in [-0.4, -0.2) is 44.8 Å². The largest absolute Gasteiger partial charge is 0.389 e. The number of carbonyl (C=O) groups is 1. The number of halogens is 1. The molecule has 0 fully saturated rings. The molecule has 7 heteroatoms. The summed E-state index contributed by atoms with van der Waals surface area (Å²) in [4.78, 5) is 13.4. The van der Waals surface area contributed by atoms with Gasteiger partial charge in [0.15, 0.2) is 0 Å². The molecule has 0 aliphatic rings. The van der Waals surface area contributed by atoms with E-state index >= 15 is 0 Å². The average molecular weight is 264 g/mol. The highest BCUT2D eigenvalue weighted by atomic mass is 35.5. The first-order chi connectivity index (χ1) is 7.33. The molecule has 0 spiro atoms. The molecule has 90 valence electrons. The summed E-state index contributed by atoms with van der Waals surface area (Å²) < 4.78 is 0.239. The van der Waals surface area contributed by atoms with Crippen molar-refractivity contribution in [1.29, 1.82) is 0 Å². The summed E-state index contributed by atoms with van der Waals surface area (Å²) >= 11 is 6.65. The topological polar surface area (TPSA) is 66.3 Å².